The molecule has 0 radical (unpaired) electrons. The second-order valence-electron chi connectivity index (χ2n) is 8.32. The summed E-state index contributed by atoms with van der Waals surface area (Å²) in [5, 5.41) is 7.32. The second-order valence-corrected chi connectivity index (χ2v) is 8.32. The Morgan fingerprint density at radius 2 is 0.909 bits per heavy atom. The van der Waals surface area contributed by atoms with Crippen molar-refractivity contribution < 1.29 is 0 Å². The Bertz CT molecular complexity index is 320. The van der Waals surface area contributed by atoms with Crippen LogP contribution in [0.2, 0.25) is 0 Å². The molecule has 0 aromatic heterocycles. The molecule has 0 aliphatic heterocycles. The molecule has 0 amide bonds. The van der Waals surface area contributed by atoms with Gasteiger partial charge in [0.2, 0.25) is 0 Å². The molecule has 0 spiro atoms. The minimum absolute atomic E-state index is 1.02. The van der Waals surface area contributed by atoms with E-state index in [1.807, 2.05) is 0 Å². The van der Waals surface area contributed by atoms with Crippen molar-refractivity contribution in [1.29, 1.82) is 5.26 Å². The van der Waals surface area contributed by atoms with Crippen LogP contribution in [0.4, 0.5) is 0 Å². The van der Waals surface area contributed by atoms with E-state index in [4.69, 9.17) is 5.26 Å². The summed E-state index contributed by atoms with van der Waals surface area (Å²) in [6.45, 7) is 3.89. The highest BCUT2D eigenvalue weighted by Crippen LogP contribution is 2.45. The van der Waals surface area contributed by atoms with Gasteiger partial charge in [0.05, 0.1) is 6.07 Å². The lowest BCUT2D eigenvalue weighted by Gasteiger charge is -2.40. The highest BCUT2D eigenvalue weighted by Gasteiger charge is 2.32. The maximum Gasteiger partial charge on any atom is 0.0587 e. The molecule has 1 nitrogen and oxygen atoms in total. The van der Waals surface area contributed by atoms with Crippen molar-refractivity contribution >= 4 is 0 Å². The normalized spacial score (nSPS) is 36.8. The van der Waals surface area contributed by atoms with Gasteiger partial charge in [-0.2, -0.15) is 5.26 Å². The van der Waals surface area contributed by atoms with E-state index in [0.717, 1.165) is 29.6 Å². The van der Waals surface area contributed by atoms with Gasteiger partial charge in [-0.25, -0.2) is 0 Å². The summed E-state index contributed by atoms with van der Waals surface area (Å²) in [5.41, 5.74) is 0. The molecule has 0 unspecified atom stereocenters. The molecule has 3 aliphatic rings. The molecule has 22 heavy (non-hydrogen) atoms. The summed E-state index contributed by atoms with van der Waals surface area (Å²) in [5.74, 6) is 5.51. The zero-order valence-corrected chi connectivity index (χ0v) is 15.0. The fraction of sp³-hybridized carbons (Fsp3) is 0.952. The molecule has 0 atom stereocenters. The fourth-order valence-corrected chi connectivity index (χ4v) is 5.45. The van der Waals surface area contributed by atoms with E-state index in [1.54, 1.807) is 57.4 Å². The van der Waals surface area contributed by atoms with Crippen LogP contribution in [0.1, 0.15) is 97.3 Å². The average Bonchev–Trinajstić information content (AvgIpc) is 2.57. The van der Waals surface area contributed by atoms with Crippen LogP contribution in [0.25, 0.3) is 0 Å². The van der Waals surface area contributed by atoms with Gasteiger partial charge in [0.1, 0.15) is 0 Å². The standard InChI is InChI=1S/C19H34.C2H3N/c1-15-7-9-17(10-8-15)19-13-11-18(12-14-19)16-5-3-2-4-6-16;1-2-3/h15-19H,2-14H2,1H3;1H3. The van der Waals surface area contributed by atoms with Crippen molar-refractivity contribution in [3.05, 3.63) is 0 Å². The van der Waals surface area contributed by atoms with Gasteiger partial charge in [-0.3, -0.25) is 0 Å². The third kappa shape index (κ3) is 5.29. The SMILES string of the molecule is CC#N.CC1CCC(C2CCC(C3CCCCC3)CC2)CC1. The molecule has 0 heterocycles. The Labute approximate surface area is 138 Å². The van der Waals surface area contributed by atoms with E-state index >= 15 is 0 Å². The van der Waals surface area contributed by atoms with Gasteiger partial charge in [0.15, 0.2) is 0 Å². The molecule has 126 valence electrons. The van der Waals surface area contributed by atoms with E-state index in [9.17, 15) is 0 Å². The van der Waals surface area contributed by atoms with Gasteiger partial charge in [-0.15, -0.1) is 0 Å². The van der Waals surface area contributed by atoms with Crippen molar-refractivity contribution in [1.82, 2.24) is 0 Å². The quantitative estimate of drug-likeness (QED) is 0.555. The predicted octanol–water partition coefficient (Wildman–Crippen LogP) is 6.73. The Hall–Kier alpha value is -0.510. The van der Waals surface area contributed by atoms with Crippen LogP contribution in [0.15, 0.2) is 0 Å². The molecular formula is C21H37N. The third-order valence-corrected chi connectivity index (χ3v) is 6.86. The predicted molar refractivity (Wildman–Crippen MR) is 94.4 cm³/mol. The zero-order chi connectivity index (χ0) is 15.8. The summed E-state index contributed by atoms with van der Waals surface area (Å²) in [4.78, 5) is 0. The number of hydrogen-bond donors (Lipinski definition) is 0. The van der Waals surface area contributed by atoms with E-state index in [-0.39, 0.29) is 0 Å². The van der Waals surface area contributed by atoms with Gasteiger partial charge in [-0.05, 0) is 68.1 Å². The highest BCUT2D eigenvalue weighted by molar-refractivity contribution is 4.84. The number of nitrogens with zero attached hydrogens (tertiary/aromatic N) is 1. The summed E-state index contributed by atoms with van der Waals surface area (Å²) in [6.07, 6.45) is 20.2. The van der Waals surface area contributed by atoms with Gasteiger partial charge in [0.25, 0.3) is 0 Å². The fourth-order valence-electron chi connectivity index (χ4n) is 5.45. The summed E-state index contributed by atoms with van der Waals surface area (Å²) < 4.78 is 0. The van der Waals surface area contributed by atoms with Gasteiger partial charge in [0, 0.05) is 6.92 Å². The lowest BCUT2D eigenvalue weighted by molar-refractivity contribution is 0.115. The maximum absolute atomic E-state index is 7.32. The monoisotopic (exact) mass is 303 g/mol. The van der Waals surface area contributed by atoms with Gasteiger partial charge < -0.3 is 0 Å². The number of hydrogen-bond acceptors (Lipinski definition) is 1. The Kier molecular flexibility index (Phi) is 7.77. The number of nitriles is 1. The Morgan fingerprint density at radius 3 is 1.32 bits per heavy atom. The summed E-state index contributed by atoms with van der Waals surface area (Å²) >= 11 is 0. The first-order chi connectivity index (χ1) is 10.7. The van der Waals surface area contributed by atoms with Crippen molar-refractivity contribution in [3.8, 4) is 6.07 Å². The third-order valence-electron chi connectivity index (χ3n) is 6.86. The van der Waals surface area contributed by atoms with E-state index in [1.165, 1.54) is 39.0 Å². The lowest BCUT2D eigenvalue weighted by Crippen LogP contribution is -2.28. The molecule has 0 N–H and O–H groups in total. The first kappa shape index (κ1) is 17.8. The maximum atomic E-state index is 7.32. The minimum atomic E-state index is 1.02. The van der Waals surface area contributed by atoms with Crippen molar-refractivity contribution in [2.45, 2.75) is 97.3 Å². The van der Waals surface area contributed by atoms with Crippen molar-refractivity contribution in [2.75, 3.05) is 0 Å². The average molecular weight is 304 g/mol. The van der Waals surface area contributed by atoms with Crippen LogP contribution in [0.3, 0.4) is 0 Å². The van der Waals surface area contributed by atoms with E-state index in [0.29, 0.717) is 0 Å². The zero-order valence-electron chi connectivity index (χ0n) is 15.0. The Morgan fingerprint density at radius 1 is 0.591 bits per heavy atom. The van der Waals surface area contributed by atoms with Crippen LogP contribution in [0.5, 0.6) is 0 Å². The second kappa shape index (κ2) is 9.59. The molecule has 0 saturated heterocycles. The molecule has 0 aromatic carbocycles. The molecule has 3 fully saturated rings. The van der Waals surface area contributed by atoms with Crippen LogP contribution < -0.4 is 0 Å². The first-order valence-corrected chi connectivity index (χ1v) is 10.1. The smallest absolute Gasteiger partial charge is 0.0587 e. The van der Waals surface area contributed by atoms with E-state index in [2.05, 4.69) is 6.92 Å². The van der Waals surface area contributed by atoms with Crippen molar-refractivity contribution in [2.24, 2.45) is 29.6 Å². The molecule has 3 rings (SSSR count). The number of rotatable bonds is 2. The molecule has 3 saturated carbocycles. The molecule has 3 aliphatic carbocycles. The first-order valence-electron chi connectivity index (χ1n) is 10.1. The van der Waals surface area contributed by atoms with Crippen LogP contribution >= 0.6 is 0 Å². The van der Waals surface area contributed by atoms with Crippen LogP contribution in [-0.4, -0.2) is 0 Å². The minimum Gasteiger partial charge on any atom is -0.199 e. The molecule has 0 aromatic rings. The van der Waals surface area contributed by atoms with Crippen molar-refractivity contribution in [3.63, 3.8) is 0 Å². The summed E-state index contributed by atoms with van der Waals surface area (Å²) in [7, 11) is 0. The Balaban J connectivity index is 0.000000545. The topological polar surface area (TPSA) is 23.8 Å². The molecule has 0 bridgehead atoms. The summed E-state index contributed by atoms with van der Waals surface area (Å²) in [6, 6.07) is 1.75. The highest BCUT2D eigenvalue weighted by atomic mass is 14.4. The largest absolute Gasteiger partial charge is 0.199 e. The lowest BCUT2D eigenvalue weighted by atomic mass is 9.66. The van der Waals surface area contributed by atoms with Crippen LogP contribution in [-0.2, 0) is 0 Å². The van der Waals surface area contributed by atoms with E-state index < -0.39 is 0 Å². The molecular weight excluding hydrogens is 266 g/mol. The van der Waals surface area contributed by atoms with Gasteiger partial charge in [-0.1, -0.05) is 51.9 Å². The molecule has 1 heteroatoms. The van der Waals surface area contributed by atoms with Gasteiger partial charge >= 0.3 is 0 Å². The van der Waals surface area contributed by atoms with Crippen LogP contribution in [0, 0.1) is 40.9 Å².